The minimum absolute atomic E-state index is 0. The molecule has 1 fully saturated rings. The lowest BCUT2D eigenvalue weighted by Gasteiger charge is -2.21. The van der Waals surface area contributed by atoms with E-state index < -0.39 is 11.9 Å². The summed E-state index contributed by atoms with van der Waals surface area (Å²) in [6, 6.07) is -0.0603. The van der Waals surface area contributed by atoms with Crippen molar-refractivity contribution in [1.29, 1.82) is 0 Å². The highest BCUT2D eigenvalue weighted by Gasteiger charge is 2.33. The van der Waals surface area contributed by atoms with Gasteiger partial charge in [0, 0.05) is 0 Å². The summed E-state index contributed by atoms with van der Waals surface area (Å²) in [5, 5.41) is 3.14. The second kappa shape index (κ2) is 6.47. The van der Waals surface area contributed by atoms with E-state index in [4.69, 9.17) is 0 Å². The van der Waals surface area contributed by atoms with Crippen molar-refractivity contribution in [2.24, 2.45) is 0 Å². The molecular formula is C9H14Cl2F3N3. The molecule has 0 amide bonds. The van der Waals surface area contributed by atoms with E-state index in [0.717, 1.165) is 32.0 Å². The predicted molar refractivity (Wildman–Crippen MR) is 62.7 cm³/mol. The Morgan fingerprint density at radius 3 is 2.41 bits per heavy atom. The molecule has 1 atom stereocenters. The quantitative estimate of drug-likeness (QED) is 0.835. The molecule has 0 aliphatic carbocycles. The average molecular weight is 292 g/mol. The molecule has 3 nitrogen and oxygen atoms in total. The first-order valence-corrected chi connectivity index (χ1v) is 4.93. The number of nitrogens with one attached hydrogen (secondary N) is 2. The van der Waals surface area contributed by atoms with Crippen molar-refractivity contribution in [3.8, 4) is 0 Å². The SMILES string of the molecule is Cl.Cl.FC(F)(F)c1cnc(C2CCCCN2)[nH]1. The van der Waals surface area contributed by atoms with Gasteiger partial charge in [0.25, 0.3) is 0 Å². The van der Waals surface area contributed by atoms with Gasteiger partial charge in [-0.3, -0.25) is 0 Å². The van der Waals surface area contributed by atoms with Crippen LogP contribution in [0.1, 0.15) is 36.8 Å². The summed E-state index contributed by atoms with van der Waals surface area (Å²) < 4.78 is 36.8. The number of hydrogen-bond acceptors (Lipinski definition) is 2. The standard InChI is InChI=1S/C9H12F3N3.2ClH/c10-9(11,12)7-5-14-8(15-7)6-3-1-2-4-13-6;;/h5-6,13H,1-4H2,(H,14,15);2*1H. The van der Waals surface area contributed by atoms with Crippen molar-refractivity contribution in [2.75, 3.05) is 6.54 Å². The van der Waals surface area contributed by atoms with Gasteiger partial charge < -0.3 is 10.3 Å². The topological polar surface area (TPSA) is 40.7 Å². The van der Waals surface area contributed by atoms with E-state index in [-0.39, 0.29) is 30.9 Å². The molecule has 2 rings (SSSR count). The van der Waals surface area contributed by atoms with Crippen LogP contribution in [0.5, 0.6) is 0 Å². The summed E-state index contributed by atoms with van der Waals surface area (Å²) in [4.78, 5) is 6.09. The third kappa shape index (κ3) is 4.04. The van der Waals surface area contributed by atoms with Gasteiger partial charge in [0.05, 0.1) is 12.2 Å². The number of aromatic nitrogens is 2. The average Bonchev–Trinajstić information content (AvgIpc) is 2.67. The lowest BCUT2D eigenvalue weighted by Crippen LogP contribution is -2.27. The Morgan fingerprint density at radius 2 is 1.94 bits per heavy atom. The summed E-state index contributed by atoms with van der Waals surface area (Å²) in [5.74, 6) is 0.391. The fraction of sp³-hybridized carbons (Fsp3) is 0.667. The van der Waals surface area contributed by atoms with Gasteiger partial charge in [0.2, 0.25) is 0 Å². The fourth-order valence-corrected chi connectivity index (χ4v) is 1.74. The van der Waals surface area contributed by atoms with Gasteiger partial charge in [-0.15, -0.1) is 24.8 Å². The highest BCUT2D eigenvalue weighted by atomic mass is 35.5. The first-order valence-electron chi connectivity index (χ1n) is 4.93. The number of nitrogens with zero attached hydrogens (tertiary/aromatic N) is 1. The molecule has 1 unspecified atom stereocenters. The van der Waals surface area contributed by atoms with Gasteiger partial charge in [0.15, 0.2) is 0 Å². The summed E-state index contributed by atoms with van der Waals surface area (Å²) in [6.07, 6.45) is -0.542. The molecule has 1 aromatic heterocycles. The van der Waals surface area contributed by atoms with Crippen molar-refractivity contribution in [3.05, 3.63) is 17.7 Å². The largest absolute Gasteiger partial charge is 0.432 e. The maximum atomic E-state index is 12.3. The van der Waals surface area contributed by atoms with Crippen LogP contribution >= 0.6 is 24.8 Å². The van der Waals surface area contributed by atoms with E-state index in [1.807, 2.05) is 0 Å². The third-order valence-corrected chi connectivity index (χ3v) is 2.54. The summed E-state index contributed by atoms with van der Waals surface area (Å²) >= 11 is 0. The molecule has 2 heterocycles. The van der Waals surface area contributed by atoms with Gasteiger partial charge >= 0.3 is 6.18 Å². The minimum Gasteiger partial charge on any atom is -0.337 e. The highest BCUT2D eigenvalue weighted by Crippen LogP contribution is 2.29. The van der Waals surface area contributed by atoms with Crippen molar-refractivity contribution >= 4 is 24.8 Å². The Kier molecular flexibility index (Phi) is 6.29. The van der Waals surface area contributed by atoms with Gasteiger partial charge in [-0.2, -0.15) is 13.2 Å². The maximum absolute atomic E-state index is 12.3. The van der Waals surface area contributed by atoms with Gasteiger partial charge in [0.1, 0.15) is 11.5 Å². The first-order chi connectivity index (χ1) is 7.07. The van der Waals surface area contributed by atoms with Crippen LogP contribution in [0.4, 0.5) is 13.2 Å². The Balaban J connectivity index is 0.00000128. The van der Waals surface area contributed by atoms with Gasteiger partial charge in [-0.05, 0) is 19.4 Å². The molecule has 1 aromatic rings. The first kappa shape index (κ1) is 16.5. The molecule has 1 aliphatic rings. The number of hydrogen-bond donors (Lipinski definition) is 2. The maximum Gasteiger partial charge on any atom is 0.432 e. The molecule has 8 heteroatoms. The predicted octanol–water partition coefficient (Wildman–Crippen LogP) is 3.09. The third-order valence-electron chi connectivity index (χ3n) is 2.54. The van der Waals surface area contributed by atoms with Crippen molar-refractivity contribution < 1.29 is 13.2 Å². The number of rotatable bonds is 1. The number of alkyl halides is 3. The van der Waals surface area contributed by atoms with Crippen LogP contribution in [0.15, 0.2) is 6.20 Å². The Hall–Kier alpha value is -0.460. The fourth-order valence-electron chi connectivity index (χ4n) is 1.74. The van der Waals surface area contributed by atoms with Crippen LogP contribution < -0.4 is 5.32 Å². The van der Waals surface area contributed by atoms with E-state index in [0.29, 0.717) is 5.82 Å². The van der Waals surface area contributed by atoms with Crippen LogP contribution in [0.25, 0.3) is 0 Å². The lowest BCUT2D eigenvalue weighted by molar-refractivity contribution is -0.141. The van der Waals surface area contributed by atoms with Crippen LogP contribution in [0.3, 0.4) is 0 Å². The van der Waals surface area contributed by atoms with Crippen LogP contribution in [-0.4, -0.2) is 16.5 Å². The summed E-state index contributed by atoms with van der Waals surface area (Å²) in [7, 11) is 0. The Morgan fingerprint density at radius 1 is 1.24 bits per heavy atom. The summed E-state index contributed by atoms with van der Waals surface area (Å²) in [5.41, 5.74) is -0.773. The van der Waals surface area contributed by atoms with Crippen LogP contribution in [-0.2, 0) is 6.18 Å². The molecule has 1 saturated heterocycles. The zero-order chi connectivity index (χ0) is 10.9. The summed E-state index contributed by atoms with van der Waals surface area (Å²) in [6.45, 7) is 0.840. The normalized spacial score (nSPS) is 20.3. The second-order valence-corrected chi connectivity index (χ2v) is 3.68. The number of imidazole rings is 1. The van der Waals surface area contributed by atoms with Gasteiger partial charge in [-0.25, -0.2) is 4.98 Å². The zero-order valence-corrected chi connectivity index (χ0v) is 10.5. The zero-order valence-electron chi connectivity index (χ0n) is 8.88. The minimum atomic E-state index is -4.33. The number of piperidine rings is 1. The molecule has 0 bridgehead atoms. The molecule has 100 valence electrons. The lowest BCUT2D eigenvalue weighted by atomic mass is 10.0. The van der Waals surface area contributed by atoms with E-state index in [1.165, 1.54) is 0 Å². The second-order valence-electron chi connectivity index (χ2n) is 3.68. The van der Waals surface area contributed by atoms with E-state index in [1.54, 1.807) is 0 Å². The molecule has 17 heavy (non-hydrogen) atoms. The Bertz CT molecular complexity index is 334. The van der Waals surface area contributed by atoms with Crippen molar-refractivity contribution in [3.63, 3.8) is 0 Å². The monoisotopic (exact) mass is 291 g/mol. The van der Waals surface area contributed by atoms with E-state index in [2.05, 4.69) is 15.3 Å². The van der Waals surface area contributed by atoms with Crippen LogP contribution in [0.2, 0.25) is 0 Å². The van der Waals surface area contributed by atoms with E-state index in [9.17, 15) is 13.2 Å². The Labute approximate surface area is 109 Å². The molecule has 0 saturated carbocycles. The molecule has 0 aromatic carbocycles. The molecule has 1 aliphatic heterocycles. The number of aromatic amines is 1. The molecule has 0 radical (unpaired) electrons. The number of H-pyrrole nitrogens is 1. The molecular weight excluding hydrogens is 278 g/mol. The van der Waals surface area contributed by atoms with Crippen LogP contribution in [0, 0.1) is 0 Å². The van der Waals surface area contributed by atoms with E-state index >= 15 is 0 Å². The smallest absolute Gasteiger partial charge is 0.337 e. The molecule has 2 N–H and O–H groups in total. The number of halogens is 5. The highest BCUT2D eigenvalue weighted by molar-refractivity contribution is 5.85. The molecule has 0 spiro atoms. The van der Waals surface area contributed by atoms with Crippen molar-refractivity contribution in [1.82, 2.24) is 15.3 Å². The van der Waals surface area contributed by atoms with Gasteiger partial charge in [-0.1, -0.05) is 6.42 Å². The van der Waals surface area contributed by atoms with Crippen molar-refractivity contribution in [2.45, 2.75) is 31.5 Å².